The number of anilines is 1. The van der Waals surface area contributed by atoms with E-state index in [1.54, 1.807) is 23.7 Å². The third-order valence-electron chi connectivity index (χ3n) is 3.96. The molecule has 0 fully saturated rings. The highest BCUT2D eigenvalue weighted by Crippen LogP contribution is 2.34. The number of thiophene rings is 1. The molecule has 5 heteroatoms. The predicted octanol–water partition coefficient (Wildman–Crippen LogP) is 3.33. The van der Waals surface area contributed by atoms with Crippen molar-refractivity contribution in [1.29, 1.82) is 0 Å². The highest BCUT2D eigenvalue weighted by molar-refractivity contribution is 7.10. The maximum absolute atomic E-state index is 12.9. The minimum Gasteiger partial charge on any atom is -0.385 e. The lowest BCUT2D eigenvalue weighted by atomic mass is 10.0. The number of hydrogen-bond donors (Lipinski definition) is 1. The maximum Gasteiger partial charge on any atom is 0.258 e. The van der Waals surface area contributed by atoms with Crippen molar-refractivity contribution in [2.75, 3.05) is 18.4 Å². The molecule has 1 N–H and O–H groups in total. The molecule has 0 aromatic carbocycles. The van der Waals surface area contributed by atoms with Crippen LogP contribution in [0.1, 0.15) is 40.7 Å². The van der Waals surface area contributed by atoms with Gasteiger partial charge in [0.05, 0.1) is 17.3 Å². The number of pyridine rings is 1. The first-order valence-corrected chi connectivity index (χ1v) is 8.15. The molecule has 110 valence electrons. The standard InChI is InChI=1S/C16H19N3OS/c1-3-18-14-4-7-17-10-13(14)16(20)19-8-5-15-12(11(19)2)6-9-21-15/h4,6-7,9-11H,3,5,8H2,1-2H3,(H,17,18). The molecule has 2 aromatic heterocycles. The Kier molecular flexibility index (Phi) is 3.92. The van der Waals surface area contributed by atoms with E-state index < -0.39 is 0 Å². The average Bonchev–Trinajstić information content (AvgIpc) is 2.97. The Hall–Kier alpha value is -1.88. The van der Waals surface area contributed by atoms with Crippen molar-refractivity contribution in [2.45, 2.75) is 26.3 Å². The van der Waals surface area contributed by atoms with Crippen LogP contribution < -0.4 is 5.32 Å². The molecule has 21 heavy (non-hydrogen) atoms. The van der Waals surface area contributed by atoms with Gasteiger partial charge in [-0.25, -0.2) is 0 Å². The molecule has 0 bridgehead atoms. The Morgan fingerprint density at radius 1 is 1.52 bits per heavy atom. The first-order chi connectivity index (χ1) is 10.2. The Balaban J connectivity index is 1.90. The van der Waals surface area contributed by atoms with Crippen molar-refractivity contribution >= 4 is 22.9 Å². The number of hydrogen-bond acceptors (Lipinski definition) is 4. The van der Waals surface area contributed by atoms with Crippen LogP contribution in [0.2, 0.25) is 0 Å². The fraction of sp³-hybridized carbons (Fsp3) is 0.375. The predicted molar refractivity (Wildman–Crippen MR) is 85.9 cm³/mol. The monoisotopic (exact) mass is 301 g/mol. The Morgan fingerprint density at radius 3 is 3.19 bits per heavy atom. The normalized spacial score (nSPS) is 17.4. The van der Waals surface area contributed by atoms with Gasteiger partial charge in [0.15, 0.2) is 0 Å². The third-order valence-corrected chi connectivity index (χ3v) is 4.95. The summed E-state index contributed by atoms with van der Waals surface area (Å²) in [6.07, 6.45) is 4.32. The lowest BCUT2D eigenvalue weighted by molar-refractivity contribution is 0.0680. The van der Waals surface area contributed by atoms with E-state index in [2.05, 4.69) is 28.7 Å². The number of carbonyl (C=O) groups excluding carboxylic acids is 1. The Morgan fingerprint density at radius 2 is 2.38 bits per heavy atom. The number of aromatic nitrogens is 1. The largest absolute Gasteiger partial charge is 0.385 e. The second kappa shape index (κ2) is 5.85. The van der Waals surface area contributed by atoms with Gasteiger partial charge in [-0.15, -0.1) is 11.3 Å². The van der Waals surface area contributed by atoms with Crippen LogP contribution >= 0.6 is 11.3 Å². The molecule has 1 atom stereocenters. The van der Waals surface area contributed by atoms with Crippen molar-refractivity contribution in [3.05, 3.63) is 45.9 Å². The highest BCUT2D eigenvalue weighted by Gasteiger charge is 2.30. The topological polar surface area (TPSA) is 45.2 Å². The number of rotatable bonds is 3. The number of carbonyl (C=O) groups is 1. The summed E-state index contributed by atoms with van der Waals surface area (Å²) in [6, 6.07) is 4.13. The molecular weight excluding hydrogens is 282 g/mol. The van der Waals surface area contributed by atoms with Gasteiger partial charge in [0.2, 0.25) is 0 Å². The summed E-state index contributed by atoms with van der Waals surface area (Å²) in [4.78, 5) is 20.4. The van der Waals surface area contributed by atoms with E-state index in [9.17, 15) is 4.79 Å². The van der Waals surface area contributed by atoms with Crippen LogP contribution in [0, 0.1) is 0 Å². The van der Waals surface area contributed by atoms with Crippen LogP contribution in [0.3, 0.4) is 0 Å². The van der Waals surface area contributed by atoms with Crippen molar-refractivity contribution < 1.29 is 4.79 Å². The van der Waals surface area contributed by atoms with E-state index in [1.165, 1.54) is 10.4 Å². The Labute approximate surface area is 128 Å². The second-order valence-corrected chi connectivity index (χ2v) is 6.18. The summed E-state index contributed by atoms with van der Waals surface area (Å²) in [5.74, 6) is 0.0587. The molecule has 0 saturated heterocycles. The van der Waals surface area contributed by atoms with Crippen LogP contribution in [-0.2, 0) is 6.42 Å². The minimum atomic E-state index is 0.0587. The van der Waals surface area contributed by atoms with Crippen molar-refractivity contribution in [3.63, 3.8) is 0 Å². The molecule has 0 radical (unpaired) electrons. The smallest absolute Gasteiger partial charge is 0.258 e. The first-order valence-electron chi connectivity index (χ1n) is 7.27. The van der Waals surface area contributed by atoms with Gasteiger partial charge in [-0.1, -0.05) is 0 Å². The summed E-state index contributed by atoms with van der Waals surface area (Å²) in [7, 11) is 0. The molecule has 1 aliphatic rings. The fourth-order valence-electron chi connectivity index (χ4n) is 2.85. The summed E-state index contributed by atoms with van der Waals surface area (Å²) < 4.78 is 0. The van der Waals surface area contributed by atoms with Gasteiger partial charge in [-0.3, -0.25) is 9.78 Å². The molecular formula is C16H19N3OS. The van der Waals surface area contributed by atoms with Crippen LogP contribution in [-0.4, -0.2) is 28.9 Å². The number of nitrogens with zero attached hydrogens (tertiary/aromatic N) is 2. The molecule has 0 saturated carbocycles. The van der Waals surface area contributed by atoms with E-state index in [0.717, 1.165) is 25.2 Å². The number of nitrogens with one attached hydrogen (secondary N) is 1. The van der Waals surface area contributed by atoms with Gasteiger partial charge in [0.25, 0.3) is 5.91 Å². The van der Waals surface area contributed by atoms with E-state index in [4.69, 9.17) is 0 Å². The lowest BCUT2D eigenvalue weighted by Gasteiger charge is -2.34. The van der Waals surface area contributed by atoms with E-state index in [1.807, 2.05) is 17.9 Å². The SMILES string of the molecule is CCNc1ccncc1C(=O)N1CCc2sccc2C1C. The molecule has 1 aliphatic heterocycles. The molecule has 3 rings (SSSR count). The van der Waals surface area contributed by atoms with Crippen LogP contribution in [0.25, 0.3) is 0 Å². The van der Waals surface area contributed by atoms with E-state index in [0.29, 0.717) is 5.56 Å². The minimum absolute atomic E-state index is 0.0587. The van der Waals surface area contributed by atoms with Gasteiger partial charge in [-0.2, -0.15) is 0 Å². The highest BCUT2D eigenvalue weighted by atomic mass is 32.1. The zero-order chi connectivity index (χ0) is 14.8. The number of amides is 1. The molecule has 1 unspecified atom stereocenters. The quantitative estimate of drug-likeness (QED) is 0.945. The van der Waals surface area contributed by atoms with Gasteiger partial charge < -0.3 is 10.2 Å². The van der Waals surface area contributed by atoms with Crippen molar-refractivity contribution in [1.82, 2.24) is 9.88 Å². The molecule has 0 spiro atoms. The molecule has 0 aliphatic carbocycles. The first kappa shape index (κ1) is 14.1. The molecule has 3 heterocycles. The summed E-state index contributed by atoms with van der Waals surface area (Å²) in [5.41, 5.74) is 2.80. The number of fused-ring (bicyclic) bond motifs is 1. The van der Waals surface area contributed by atoms with Crippen molar-refractivity contribution in [2.24, 2.45) is 0 Å². The maximum atomic E-state index is 12.9. The van der Waals surface area contributed by atoms with Gasteiger partial charge in [0, 0.05) is 30.4 Å². The van der Waals surface area contributed by atoms with Crippen LogP contribution in [0.15, 0.2) is 29.9 Å². The molecule has 2 aromatic rings. The molecule has 1 amide bonds. The zero-order valence-corrected chi connectivity index (χ0v) is 13.1. The van der Waals surface area contributed by atoms with Crippen LogP contribution in [0.4, 0.5) is 5.69 Å². The van der Waals surface area contributed by atoms with Gasteiger partial charge >= 0.3 is 0 Å². The van der Waals surface area contributed by atoms with Gasteiger partial charge in [-0.05, 0) is 43.3 Å². The van der Waals surface area contributed by atoms with Gasteiger partial charge in [0.1, 0.15) is 0 Å². The summed E-state index contributed by atoms with van der Waals surface area (Å²) in [5, 5.41) is 5.35. The Bertz CT molecular complexity index is 652. The summed E-state index contributed by atoms with van der Waals surface area (Å²) in [6.45, 7) is 5.68. The van der Waals surface area contributed by atoms with E-state index >= 15 is 0 Å². The fourth-order valence-corrected chi connectivity index (χ4v) is 3.81. The second-order valence-electron chi connectivity index (χ2n) is 5.18. The lowest BCUT2D eigenvalue weighted by Crippen LogP contribution is -2.38. The van der Waals surface area contributed by atoms with Crippen LogP contribution in [0.5, 0.6) is 0 Å². The molecule has 4 nitrogen and oxygen atoms in total. The summed E-state index contributed by atoms with van der Waals surface area (Å²) >= 11 is 1.79. The van der Waals surface area contributed by atoms with Crippen molar-refractivity contribution in [3.8, 4) is 0 Å². The zero-order valence-electron chi connectivity index (χ0n) is 12.3. The average molecular weight is 301 g/mol. The third kappa shape index (κ3) is 2.53. The van der Waals surface area contributed by atoms with E-state index in [-0.39, 0.29) is 11.9 Å².